The number of nitro benzene ring substituents is 1. The molecule has 1 heterocycles. The molecule has 6 N–H and O–H groups in total. The Morgan fingerprint density at radius 3 is 1.73 bits per heavy atom. The Morgan fingerprint density at radius 1 is 0.627 bits per heavy atom. The number of phenols is 2. The number of nitrogens with zero attached hydrogens (tertiary/aromatic N) is 9. The number of hydrogen-bond acceptors (Lipinski definition) is 19. The molecule has 0 unspecified atom stereocenters. The third-order valence-corrected chi connectivity index (χ3v) is 10.5. The molecule has 5 aromatic carbocycles. The van der Waals surface area contributed by atoms with E-state index in [-0.39, 0.29) is 40.1 Å². The van der Waals surface area contributed by atoms with Crippen LogP contribution in [-0.4, -0.2) is 75.2 Å². The van der Waals surface area contributed by atoms with E-state index in [1.165, 1.54) is 36.4 Å². The van der Waals surface area contributed by atoms with Crippen molar-refractivity contribution in [1.29, 1.82) is 0 Å². The van der Waals surface area contributed by atoms with Crippen LogP contribution in [0, 0.1) is 10.1 Å². The van der Waals surface area contributed by atoms with Crippen molar-refractivity contribution in [3.8, 4) is 23.1 Å². The van der Waals surface area contributed by atoms with Crippen molar-refractivity contribution in [2.24, 2.45) is 30.7 Å². The molecule has 0 aliphatic heterocycles. The Labute approximate surface area is 329 Å². The second kappa shape index (κ2) is 15.5. The van der Waals surface area contributed by atoms with Crippen LogP contribution in [0.15, 0.2) is 130 Å². The van der Waals surface area contributed by atoms with Crippen molar-refractivity contribution < 1.29 is 63.9 Å². The number of rotatable bonds is 12. The van der Waals surface area contributed by atoms with Gasteiger partial charge in [-0.15, -0.1) is 20.5 Å². The molecule has 0 aliphatic rings. The summed E-state index contributed by atoms with van der Waals surface area (Å²) < 4.78 is 101. The highest BCUT2D eigenvalue weighted by molar-refractivity contribution is 7.86. The molecule has 0 atom stereocenters. The Balaban J connectivity index is 1.30. The number of hydrogen-bond donors (Lipinski definition) is 6. The molecule has 0 aliphatic carbocycles. The molecule has 0 saturated heterocycles. The van der Waals surface area contributed by atoms with Gasteiger partial charge < -0.3 is 15.3 Å². The summed E-state index contributed by atoms with van der Waals surface area (Å²) in [6, 6.07) is 15.0. The van der Waals surface area contributed by atoms with Gasteiger partial charge in [-0.05, 0) is 72.1 Å². The van der Waals surface area contributed by atoms with E-state index in [0.29, 0.717) is 6.07 Å². The highest BCUT2D eigenvalue weighted by Crippen LogP contribution is 2.48. The smallest absolute Gasteiger partial charge is 0.297 e. The van der Waals surface area contributed by atoms with Gasteiger partial charge >= 0.3 is 0 Å². The molecule has 0 fully saturated rings. The maximum atomic E-state index is 12.3. The number of phenolic OH excluding ortho intramolecular Hbond substituents is 2. The van der Waals surface area contributed by atoms with Gasteiger partial charge in [-0.25, -0.2) is 0 Å². The zero-order chi connectivity index (χ0) is 43.0. The van der Waals surface area contributed by atoms with Crippen LogP contribution in [0.1, 0.15) is 10.5 Å². The zero-order valence-corrected chi connectivity index (χ0v) is 31.2. The zero-order valence-electron chi connectivity index (χ0n) is 28.8. The van der Waals surface area contributed by atoms with Crippen LogP contribution < -0.4 is 0 Å². The van der Waals surface area contributed by atoms with E-state index in [4.69, 9.17) is 0 Å². The van der Waals surface area contributed by atoms with Gasteiger partial charge in [0.25, 0.3) is 36.0 Å². The first-order valence-electron chi connectivity index (χ1n) is 15.6. The first-order valence-corrected chi connectivity index (χ1v) is 19.9. The maximum Gasteiger partial charge on any atom is 0.297 e. The molecule has 0 radical (unpaired) electrons. The van der Waals surface area contributed by atoms with Gasteiger partial charge in [-0.2, -0.15) is 45.3 Å². The SMILES string of the molecule is O=Cc1nn(-c2ccc(S(=O)(=O)O)cc2)c(O)c1N=Nc1ccc(N=Nc2c(S(=O)(=O)O)cc3ccc(N=Nc4ccc([N+](=O)[O-])cc4S(=O)(=O)O)c(O)c3c2O)cc1. The lowest BCUT2D eigenvalue weighted by Crippen LogP contribution is -2.00. The number of nitro groups is 1. The number of aromatic hydroxyl groups is 3. The number of carbonyl (C=O) groups is 1. The second-order valence-electron chi connectivity index (χ2n) is 11.6. The second-order valence-corrected chi connectivity index (χ2v) is 15.8. The highest BCUT2D eigenvalue weighted by Gasteiger charge is 2.26. The third kappa shape index (κ3) is 8.63. The summed E-state index contributed by atoms with van der Waals surface area (Å²) in [4.78, 5) is 19.5. The standard InChI is InChI=1S/C32H21N9O15S3/c42-15-24-28(32(45)40(39-24)19-6-9-21(10-7-19)57(48,49)50)37-33-17-2-4-18(5-3-17)34-38-29-26(59(54,55)56)13-16-1-11-23(30(43)27(16)31(29)44)36-35-22-12-8-20(41(46)47)14-25(22)58(51,52)53/h1-15,43-45H,(H,48,49,50)(H,51,52,53)(H,54,55,56). The number of carbonyl (C=O) groups excluding carboxylic acids is 1. The molecule has 0 spiro atoms. The number of non-ortho nitro benzene ring substituents is 1. The first kappa shape index (κ1) is 41.2. The fraction of sp³-hybridized carbons (Fsp3) is 0. The van der Waals surface area contributed by atoms with Crippen LogP contribution in [0.4, 0.5) is 39.8 Å². The van der Waals surface area contributed by atoms with Crippen molar-refractivity contribution in [1.82, 2.24) is 9.78 Å². The lowest BCUT2D eigenvalue weighted by Gasteiger charge is -2.11. The molecule has 0 amide bonds. The van der Waals surface area contributed by atoms with Gasteiger partial charge in [0.05, 0.1) is 32.3 Å². The lowest BCUT2D eigenvalue weighted by molar-refractivity contribution is -0.385. The fourth-order valence-electron chi connectivity index (χ4n) is 5.13. The van der Waals surface area contributed by atoms with Crippen molar-refractivity contribution in [2.45, 2.75) is 14.7 Å². The maximum absolute atomic E-state index is 12.3. The summed E-state index contributed by atoms with van der Waals surface area (Å²) in [5.74, 6) is -2.52. The predicted octanol–water partition coefficient (Wildman–Crippen LogP) is 6.85. The summed E-state index contributed by atoms with van der Waals surface area (Å²) in [6.07, 6.45) is 0.276. The summed E-state index contributed by atoms with van der Waals surface area (Å²) in [7, 11) is -14.7. The summed E-state index contributed by atoms with van der Waals surface area (Å²) in [5.41, 5.74) is -3.07. The van der Waals surface area contributed by atoms with Gasteiger partial charge in [-0.1, -0.05) is 6.07 Å². The van der Waals surface area contributed by atoms with Crippen molar-refractivity contribution in [3.05, 3.63) is 101 Å². The molecule has 0 bridgehead atoms. The molecule has 0 saturated carbocycles. The molecule has 6 rings (SSSR count). The fourth-order valence-corrected chi connectivity index (χ4v) is 6.91. The molecule has 27 heteroatoms. The summed E-state index contributed by atoms with van der Waals surface area (Å²) in [5, 5.41) is 70.0. The predicted molar refractivity (Wildman–Crippen MR) is 199 cm³/mol. The number of aromatic nitrogens is 2. The molecular formula is C32H21N9O15S3. The lowest BCUT2D eigenvalue weighted by atomic mass is 10.1. The first-order chi connectivity index (χ1) is 27.7. The topological polar surface area (TPSA) is 376 Å². The normalized spacial score (nSPS) is 12.6. The third-order valence-electron chi connectivity index (χ3n) is 7.88. The molecule has 59 heavy (non-hydrogen) atoms. The van der Waals surface area contributed by atoms with E-state index in [2.05, 4.69) is 35.8 Å². The quantitative estimate of drug-likeness (QED) is 0.0241. The van der Waals surface area contributed by atoms with Gasteiger partial charge in [-0.3, -0.25) is 28.6 Å². The van der Waals surface area contributed by atoms with E-state index in [1.807, 2.05) is 0 Å². The van der Waals surface area contributed by atoms with Crippen LogP contribution in [0.3, 0.4) is 0 Å². The van der Waals surface area contributed by atoms with Crippen molar-refractivity contribution in [3.63, 3.8) is 0 Å². The minimum absolute atomic E-state index is 0.00633. The average Bonchev–Trinajstić information content (AvgIpc) is 3.50. The van der Waals surface area contributed by atoms with Crippen molar-refractivity contribution >= 4 is 87.2 Å². The van der Waals surface area contributed by atoms with Gasteiger partial charge in [0, 0.05) is 12.1 Å². The monoisotopic (exact) mass is 867 g/mol. The summed E-state index contributed by atoms with van der Waals surface area (Å²) >= 11 is 0. The number of aldehydes is 1. The summed E-state index contributed by atoms with van der Waals surface area (Å²) in [6.45, 7) is 0. The number of azo groups is 3. The van der Waals surface area contributed by atoms with Crippen LogP contribution in [0.5, 0.6) is 17.4 Å². The Bertz CT molecular complexity index is 3150. The number of fused-ring (bicyclic) bond motifs is 1. The van der Waals surface area contributed by atoms with Crippen molar-refractivity contribution in [2.75, 3.05) is 0 Å². The van der Waals surface area contributed by atoms with E-state index < -0.39 is 95.5 Å². The number of benzene rings is 5. The molecule has 302 valence electrons. The molecule has 1 aromatic heterocycles. The largest absolute Gasteiger partial charge is 0.505 e. The van der Waals surface area contributed by atoms with E-state index in [1.54, 1.807) is 0 Å². The van der Waals surface area contributed by atoms with Crippen LogP contribution >= 0.6 is 0 Å². The van der Waals surface area contributed by atoms with E-state index in [0.717, 1.165) is 47.1 Å². The average molecular weight is 868 g/mol. The van der Waals surface area contributed by atoms with E-state index >= 15 is 0 Å². The minimum atomic E-state index is -5.10. The van der Waals surface area contributed by atoms with Crippen LogP contribution in [-0.2, 0) is 30.4 Å². The molecular weight excluding hydrogens is 847 g/mol. The minimum Gasteiger partial charge on any atom is -0.505 e. The Morgan fingerprint density at radius 2 is 1.19 bits per heavy atom. The molecule has 6 aromatic rings. The highest BCUT2D eigenvalue weighted by atomic mass is 32.2. The van der Waals surface area contributed by atoms with Crippen LogP contribution in [0.25, 0.3) is 16.5 Å². The Kier molecular flexibility index (Phi) is 10.8. The van der Waals surface area contributed by atoms with Gasteiger partial charge in [0.1, 0.15) is 26.9 Å². The molecule has 24 nitrogen and oxygen atoms in total. The Hall–Kier alpha value is -7.43. The van der Waals surface area contributed by atoms with Gasteiger partial charge in [0.15, 0.2) is 29.2 Å². The van der Waals surface area contributed by atoms with Gasteiger partial charge in [0.2, 0.25) is 5.88 Å². The van der Waals surface area contributed by atoms with Crippen LogP contribution in [0.2, 0.25) is 0 Å². The van der Waals surface area contributed by atoms with E-state index in [9.17, 15) is 69.1 Å².